The average Bonchev–Trinajstić information content (AvgIpc) is 3.27. The molecule has 4 aromatic rings. The van der Waals surface area contributed by atoms with Crippen LogP contribution in [-0.2, 0) is 4.79 Å². The van der Waals surface area contributed by atoms with Gasteiger partial charge in [0.1, 0.15) is 12.4 Å². The molecule has 1 aliphatic rings. The number of methoxy groups -OCH3 is 1. The second-order valence-corrected chi connectivity index (χ2v) is 8.51. The summed E-state index contributed by atoms with van der Waals surface area (Å²) in [6, 6.07) is 20.7. The first-order valence-corrected chi connectivity index (χ1v) is 11.2. The fourth-order valence-corrected chi connectivity index (χ4v) is 4.32. The number of hydrogen-bond acceptors (Lipinski definition) is 7. The van der Waals surface area contributed by atoms with Crippen LogP contribution >= 0.6 is 11.3 Å². The van der Waals surface area contributed by atoms with Crippen molar-refractivity contribution in [2.24, 2.45) is 5.10 Å². The van der Waals surface area contributed by atoms with Gasteiger partial charge in [0.25, 0.3) is 5.91 Å². The van der Waals surface area contributed by atoms with Crippen molar-refractivity contribution in [3.63, 3.8) is 0 Å². The number of aryl methyl sites for hydroxylation is 1. The normalized spacial score (nSPS) is 15.0. The van der Waals surface area contributed by atoms with Crippen molar-refractivity contribution in [3.8, 4) is 17.2 Å². The number of nitrogens with zero attached hydrogens (tertiary/aromatic N) is 3. The number of hydrogen-bond donors (Lipinski definition) is 0. The topological polar surface area (TPSA) is 73.2 Å². The number of aromatic nitrogens is 1. The fourth-order valence-electron chi connectivity index (χ4n) is 3.37. The van der Waals surface area contributed by atoms with Crippen LogP contribution in [0.25, 0.3) is 10.2 Å². The number of para-hydroxylation sites is 2. The smallest absolute Gasteiger partial charge is 0.294 e. The van der Waals surface area contributed by atoms with E-state index in [-0.39, 0.29) is 12.5 Å². The minimum atomic E-state index is -0.850. The number of benzene rings is 3. The molecule has 0 N–H and O–H groups in total. The highest BCUT2D eigenvalue weighted by Crippen LogP contribution is 2.34. The molecule has 7 nitrogen and oxygen atoms in total. The Bertz CT molecular complexity index is 1330. The number of thiazole rings is 1. The van der Waals surface area contributed by atoms with Crippen LogP contribution in [0.1, 0.15) is 11.1 Å². The van der Waals surface area contributed by atoms with Gasteiger partial charge in [0, 0.05) is 0 Å². The first-order chi connectivity index (χ1) is 16.1. The number of carbonyl (C=O) groups excluding carboxylic acids is 1. The molecule has 1 atom stereocenters. The number of carbonyl (C=O) groups is 1. The van der Waals surface area contributed by atoms with E-state index >= 15 is 0 Å². The van der Waals surface area contributed by atoms with E-state index in [4.69, 9.17) is 14.2 Å². The quantitative estimate of drug-likeness (QED) is 0.316. The third-order valence-corrected chi connectivity index (χ3v) is 6.15. The molecule has 0 spiro atoms. The van der Waals surface area contributed by atoms with Crippen LogP contribution in [0.15, 0.2) is 71.8 Å². The zero-order valence-electron chi connectivity index (χ0n) is 18.1. The van der Waals surface area contributed by atoms with E-state index in [0.29, 0.717) is 16.6 Å². The van der Waals surface area contributed by atoms with Crippen molar-refractivity contribution >= 4 is 38.8 Å². The van der Waals surface area contributed by atoms with Crippen LogP contribution in [0.4, 0.5) is 5.13 Å². The molecular formula is C25H21N3O4S. The molecule has 0 radical (unpaired) electrons. The highest BCUT2D eigenvalue weighted by atomic mass is 32.1. The monoisotopic (exact) mass is 459 g/mol. The van der Waals surface area contributed by atoms with Gasteiger partial charge in [-0.3, -0.25) is 4.79 Å². The lowest BCUT2D eigenvalue weighted by Gasteiger charge is -2.27. The lowest BCUT2D eigenvalue weighted by atomic mass is 10.2. The van der Waals surface area contributed by atoms with E-state index in [1.54, 1.807) is 19.4 Å². The largest absolute Gasteiger partial charge is 0.497 e. The maximum atomic E-state index is 13.5. The Balaban J connectivity index is 1.49. The van der Waals surface area contributed by atoms with Crippen LogP contribution in [0.5, 0.6) is 17.2 Å². The first-order valence-electron chi connectivity index (χ1n) is 10.4. The summed E-state index contributed by atoms with van der Waals surface area (Å²) in [7, 11) is 1.61. The van der Waals surface area contributed by atoms with Crippen LogP contribution in [-0.4, -0.2) is 36.9 Å². The summed E-state index contributed by atoms with van der Waals surface area (Å²) in [5, 5.41) is 6.23. The predicted molar refractivity (Wildman–Crippen MR) is 129 cm³/mol. The van der Waals surface area contributed by atoms with Gasteiger partial charge in [-0.15, -0.1) is 0 Å². The Morgan fingerprint density at radius 3 is 2.73 bits per heavy atom. The number of amides is 1. The second kappa shape index (κ2) is 8.91. The molecule has 0 saturated carbocycles. The summed E-state index contributed by atoms with van der Waals surface area (Å²) in [4.78, 5) is 18.2. The molecule has 1 unspecified atom stereocenters. The van der Waals surface area contributed by atoms with Gasteiger partial charge in [0.05, 0.1) is 23.5 Å². The Hall–Kier alpha value is -3.91. The van der Waals surface area contributed by atoms with Crippen molar-refractivity contribution in [1.82, 2.24) is 4.98 Å². The highest BCUT2D eigenvalue weighted by Gasteiger charge is 2.33. The first kappa shape index (κ1) is 21.0. The highest BCUT2D eigenvalue weighted by molar-refractivity contribution is 7.22. The fraction of sp³-hybridized carbons (Fsp3) is 0.160. The minimum Gasteiger partial charge on any atom is -0.497 e. The average molecular weight is 460 g/mol. The van der Waals surface area contributed by atoms with Gasteiger partial charge in [-0.2, -0.15) is 10.1 Å². The Labute approximate surface area is 194 Å². The van der Waals surface area contributed by atoms with E-state index < -0.39 is 6.10 Å². The van der Waals surface area contributed by atoms with Gasteiger partial charge in [0.2, 0.25) is 11.2 Å². The zero-order valence-corrected chi connectivity index (χ0v) is 18.9. The maximum absolute atomic E-state index is 13.5. The molecule has 0 fully saturated rings. The molecule has 33 heavy (non-hydrogen) atoms. The molecule has 8 heteroatoms. The molecule has 2 heterocycles. The van der Waals surface area contributed by atoms with Crippen LogP contribution in [0.2, 0.25) is 0 Å². The van der Waals surface area contributed by atoms with E-state index in [2.05, 4.69) is 10.1 Å². The molecule has 1 amide bonds. The SMILES string of the molecule is COc1ccc2nc(N(/N=C/c3ccc(C)cc3)C(=O)C3COc4ccccc4O3)sc2c1. The maximum Gasteiger partial charge on any atom is 0.294 e. The zero-order chi connectivity index (χ0) is 22.8. The van der Waals surface area contributed by atoms with E-state index in [1.807, 2.05) is 67.6 Å². The van der Waals surface area contributed by atoms with Gasteiger partial charge >= 0.3 is 0 Å². The number of rotatable bonds is 5. The standard InChI is InChI=1S/C25H21N3O4S/c1-16-7-9-17(10-8-16)14-26-28(25-27-19-12-11-18(30-2)13-23(19)33-25)24(29)22-15-31-20-5-3-4-6-21(20)32-22/h3-14,22H,15H2,1-2H3/b26-14+. The summed E-state index contributed by atoms with van der Waals surface area (Å²) in [6.07, 6.45) is 0.790. The van der Waals surface area contributed by atoms with Gasteiger partial charge in [-0.1, -0.05) is 53.3 Å². The molecule has 3 aromatic carbocycles. The Morgan fingerprint density at radius 2 is 1.94 bits per heavy atom. The molecule has 0 bridgehead atoms. The molecule has 166 valence electrons. The molecule has 0 aliphatic carbocycles. The Kier molecular flexibility index (Phi) is 5.66. The third-order valence-electron chi connectivity index (χ3n) is 5.16. The minimum absolute atomic E-state index is 0.0884. The summed E-state index contributed by atoms with van der Waals surface area (Å²) >= 11 is 1.35. The molecule has 5 rings (SSSR count). The van der Waals surface area contributed by atoms with Crippen LogP contribution in [0.3, 0.4) is 0 Å². The lowest BCUT2D eigenvalue weighted by molar-refractivity contribution is -0.127. The van der Waals surface area contributed by atoms with Crippen molar-refractivity contribution < 1.29 is 19.0 Å². The van der Waals surface area contributed by atoms with Crippen molar-refractivity contribution in [2.75, 3.05) is 18.7 Å². The lowest BCUT2D eigenvalue weighted by Crippen LogP contribution is -2.44. The second-order valence-electron chi connectivity index (χ2n) is 7.50. The summed E-state index contributed by atoms with van der Waals surface area (Å²) in [5.74, 6) is 1.50. The van der Waals surface area contributed by atoms with Crippen LogP contribution in [0, 0.1) is 6.92 Å². The van der Waals surface area contributed by atoms with Gasteiger partial charge in [-0.25, -0.2) is 4.98 Å². The number of hydrazone groups is 1. The van der Waals surface area contributed by atoms with Gasteiger partial charge < -0.3 is 14.2 Å². The molecule has 1 aromatic heterocycles. The predicted octanol–water partition coefficient (Wildman–Crippen LogP) is 4.82. The van der Waals surface area contributed by atoms with E-state index in [9.17, 15) is 4.79 Å². The number of fused-ring (bicyclic) bond motifs is 2. The summed E-state index contributed by atoms with van der Waals surface area (Å²) < 4.78 is 17.9. The van der Waals surface area contributed by atoms with Gasteiger partial charge in [0.15, 0.2) is 11.5 Å². The van der Waals surface area contributed by atoms with Gasteiger partial charge in [-0.05, 0) is 42.8 Å². The van der Waals surface area contributed by atoms with E-state index in [0.717, 1.165) is 27.1 Å². The van der Waals surface area contributed by atoms with E-state index in [1.165, 1.54) is 16.3 Å². The van der Waals surface area contributed by atoms with Crippen LogP contribution < -0.4 is 19.2 Å². The third kappa shape index (κ3) is 4.38. The molecular weight excluding hydrogens is 438 g/mol. The molecule has 1 aliphatic heterocycles. The summed E-state index contributed by atoms with van der Waals surface area (Å²) in [6.45, 7) is 2.11. The Morgan fingerprint density at radius 1 is 1.15 bits per heavy atom. The molecule has 0 saturated heterocycles. The number of anilines is 1. The number of ether oxygens (including phenoxy) is 3. The van der Waals surface area contributed by atoms with Crippen molar-refractivity contribution in [3.05, 3.63) is 77.9 Å². The summed E-state index contributed by atoms with van der Waals surface area (Å²) in [5.41, 5.74) is 2.77. The van der Waals surface area contributed by atoms with Crippen molar-refractivity contribution in [1.29, 1.82) is 0 Å². The van der Waals surface area contributed by atoms with Crippen molar-refractivity contribution in [2.45, 2.75) is 13.0 Å².